The first-order valence-electron chi connectivity index (χ1n) is 7.51. The van der Waals surface area contributed by atoms with Crippen molar-refractivity contribution in [1.29, 1.82) is 0 Å². The van der Waals surface area contributed by atoms with Gasteiger partial charge >= 0.3 is 0 Å². The molecule has 6 nitrogen and oxygen atoms in total. The molecule has 0 bridgehead atoms. The quantitative estimate of drug-likeness (QED) is 0.909. The Morgan fingerprint density at radius 3 is 2.74 bits per heavy atom. The molecule has 1 fully saturated rings. The van der Waals surface area contributed by atoms with Crippen LogP contribution in [0.1, 0.15) is 23.4 Å². The molecule has 0 atom stereocenters. The lowest BCUT2D eigenvalue weighted by atomic mass is 9.73. The SMILES string of the molecule is COCc1nnc(NC(=O)C2(c3ccccc3)CCOCC2)s1. The molecule has 0 aliphatic carbocycles. The molecule has 7 heteroatoms. The standard InChI is InChI=1S/C16H19N3O3S/c1-21-11-13-18-19-15(23-13)17-14(20)16(7-9-22-10-8-16)12-5-3-2-4-6-12/h2-6H,7-11H2,1H3,(H,17,19,20). The van der Waals surface area contributed by atoms with Crippen LogP contribution in [0.2, 0.25) is 0 Å². The van der Waals surface area contributed by atoms with E-state index in [1.807, 2.05) is 30.3 Å². The average Bonchev–Trinajstić information content (AvgIpc) is 3.04. The summed E-state index contributed by atoms with van der Waals surface area (Å²) in [5.41, 5.74) is 0.439. The lowest BCUT2D eigenvalue weighted by molar-refractivity contribution is -0.125. The fraction of sp³-hybridized carbons (Fsp3) is 0.438. The number of methoxy groups -OCH3 is 1. The van der Waals surface area contributed by atoms with Crippen LogP contribution in [0.5, 0.6) is 0 Å². The molecular formula is C16H19N3O3S. The van der Waals surface area contributed by atoms with Gasteiger partial charge in [-0.2, -0.15) is 0 Å². The predicted molar refractivity (Wildman–Crippen MR) is 87.4 cm³/mol. The minimum atomic E-state index is -0.577. The third-order valence-corrected chi connectivity index (χ3v) is 4.87. The molecule has 1 saturated heterocycles. The van der Waals surface area contributed by atoms with E-state index in [-0.39, 0.29) is 5.91 Å². The fourth-order valence-corrected chi connectivity index (χ4v) is 3.53. The minimum absolute atomic E-state index is 0.0490. The monoisotopic (exact) mass is 333 g/mol. The van der Waals surface area contributed by atoms with Crippen molar-refractivity contribution in [3.63, 3.8) is 0 Å². The van der Waals surface area contributed by atoms with Crippen molar-refractivity contribution in [2.24, 2.45) is 0 Å². The van der Waals surface area contributed by atoms with Crippen LogP contribution in [0, 0.1) is 0 Å². The molecule has 122 valence electrons. The van der Waals surface area contributed by atoms with Gasteiger partial charge < -0.3 is 9.47 Å². The molecule has 0 saturated carbocycles. The third-order valence-electron chi connectivity index (χ3n) is 4.06. The topological polar surface area (TPSA) is 73.3 Å². The van der Waals surface area contributed by atoms with Crippen LogP contribution < -0.4 is 5.32 Å². The Balaban J connectivity index is 1.83. The Bertz CT molecular complexity index is 654. The van der Waals surface area contributed by atoms with Crippen LogP contribution in [0.4, 0.5) is 5.13 Å². The molecule has 1 aliphatic heterocycles. The van der Waals surface area contributed by atoms with Crippen LogP contribution in [-0.4, -0.2) is 36.4 Å². The van der Waals surface area contributed by atoms with Crippen LogP contribution in [0.15, 0.2) is 30.3 Å². The molecule has 3 rings (SSSR count). The van der Waals surface area contributed by atoms with Crippen molar-refractivity contribution >= 4 is 22.4 Å². The molecule has 0 radical (unpaired) electrons. The van der Waals surface area contributed by atoms with Crippen molar-refractivity contribution in [3.8, 4) is 0 Å². The number of anilines is 1. The number of aromatic nitrogens is 2. The molecule has 0 unspecified atom stereocenters. The van der Waals surface area contributed by atoms with Crippen molar-refractivity contribution in [1.82, 2.24) is 10.2 Å². The minimum Gasteiger partial charge on any atom is -0.381 e. The van der Waals surface area contributed by atoms with Crippen molar-refractivity contribution in [2.75, 3.05) is 25.6 Å². The van der Waals surface area contributed by atoms with Crippen LogP contribution in [0.3, 0.4) is 0 Å². The van der Waals surface area contributed by atoms with Crippen LogP contribution in [-0.2, 0) is 26.3 Å². The van der Waals surface area contributed by atoms with Gasteiger partial charge in [-0.25, -0.2) is 0 Å². The van der Waals surface area contributed by atoms with E-state index in [1.165, 1.54) is 11.3 Å². The maximum Gasteiger partial charge on any atom is 0.237 e. The third kappa shape index (κ3) is 3.41. The maximum absolute atomic E-state index is 13.0. The number of ether oxygens (including phenoxy) is 2. The highest BCUT2D eigenvalue weighted by atomic mass is 32.1. The number of hydrogen-bond acceptors (Lipinski definition) is 6. The highest BCUT2D eigenvalue weighted by Crippen LogP contribution is 2.36. The van der Waals surface area contributed by atoms with Gasteiger partial charge in [0, 0.05) is 20.3 Å². The zero-order valence-corrected chi connectivity index (χ0v) is 13.8. The first-order valence-corrected chi connectivity index (χ1v) is 8.32. The van der Waals surface area contributed by atoms with Gasteiger partial charge in [-0.1, -0.05) is 41.7 Å². The largest absolute Gasteiger partial charge is 0.381 e. The van der Waals surface area contributed by atoms with Gasteiger partial charge in [-0.3, -0.25) is 10.1 Å². The van der Waals surface area contributed by atoms with Crippen LogP contribution in [0.25, 0.3) is 0 Å². The van der Waals surface area contributed by atoms with E-state index in [2.05, 4.69) is 15.5 Å². The fourth-order valence-electron chi connectivity index (χ4n) is 2.83. The molecule has 0 spiro atoms. The Labute approximate surface area is 138 Å². The second-order valence-electron chi connectivity index (χ2n) is 5.45. The molecule has 2 heterocycles. The van der Waals surface area contributed by atoms with E-state index in [9.17, 15) is 4.79 Å². The number of benzene rings is 1. The summed E-state index contributed by atoms with van der Waals surface area (Å²) >= 11 is 1.33. The number of carbonyl (C=O) groups is 1. The lowest BCUT2D eigenvalue weighted by Gasteiger charge is -2.35. The van der Waals surface area contributed by atoms with Crippen LogP contribution >= 0.6 is 11.3 Å². The van der Waals surface area contributed by atoms with Crippen molar-refractivity contribution in [2.45, 2.75) is 24.9 Å². The number of nitrogens with one attached hydrogen (secondary N) is 1. The van der Waals surface area contributed by atoms with Gasteiger partial charge in [0.1, 0.15) is 11.6 Å². The lowest BCUT2D eigenvalue weighted by Crippen LogP contribution is -2.44. The number of nitrogens with zero attached hydrogens (tertiary/aromatic N) is 2. The highest BCUT2D eigenvalue weighted by molar-refractivity contribution is 7.15. The first-order chi connectivity index (χ1) is 11.2. The predicted octanol–water partition coefficient (Wildman–Crippen LogP) is 2.37. The summed E-state index contributed by atoms with van der Waals surface area (Å²) < 4.78 is 10.5. The molecule has 1 aromatic carbocycles. The van der Waals surface area contributed by atoms with Gasteiger partial charge in [0.25, 0.3) is 0 Å². The highest BCUT2D eigenvalue weighted by Gasteiger charge is 2.42. The summed E-state index contributed by atoms with van der Waals surface area (Å²) in [5, 5.41) is 12.2. The number of hydrogen-bond donors (Lipinski definition) is 1. The summed E-state index contributed by atoms with van der Waals surface area (Å²) in [7, 11) is 1.60. The summed E-state index contributed by atoms with van der Waals surface area (Å²) in [5.74, 6) is -0.0490. The van der Waals surface area contributed by atoms with Crippen molar-refractivity contribution < 1.29 is 14.3 Å². The van der Waals surface area contributed by atoms with Gasteiger partial charge in [0.2, 0.25) is 11.0 Å². The zero-order valence-electron chi connectivity index (χ0n) is 12.9. The maximum atomic E-state index is 13.0. The van der Waals surface area contributed by atoms with Gasteiger partial charge in [0.05, 0.1) is 5.41 Å². The van der Waals surface area contributed by atoms with E-state index < -0.39 is 5.41 Å². The Hall–Kier alpha value is -1.83. The summed E-state index contributed by atoms with van der Waals surface area (Å²) in [6.45, 7) is 1.55. The molecule has 1 aromatic heterocycles. The summed E-state index contributed by atoms with van der Waals surface area (Å²) in [6, 6.07) is 9.88. The second kappa shape index (κ2) is 7.16. The van der Waals surface area contributed by atoms with Gasteiger partial charge in [0.15, 0.2) is 0 Å². The first kappa shape index (κ1) is 16.0. The molecule has 1 N–H and O–H groups in total. The number of amides is 1. The van der Waals surface area contributed by atoms with Crippen molar-refractivity contribution in [3.05, 3.63) is 40.9 Å². The Morgan fingerprint density at radius 2 is 2.04 bits per heavy atom. The number of carbonyl (C=O) groups excluding carboxylic acids is 1. The van der Waals surface area contributed by atoms with Gasteiger partial charge in [-0.05, 0) is 18.4 Å². The molecular weight excluding hydrogens is 314 g/mol. The van der Waals surface area contributed by atoms with E-state index in [0.717, 1.165) is 10.6 Å². The smallest absolute Gasteiger partial charge is 0.237 e. The Kier molecular flexibility index (Phi) is 5.00. The number of rotatable bonds is 5. The van der Waals surface area contributed by atoms with E-state index in [0.29, 0.717) is 37.8 Å². The zero-order chi connectivity index (χ0) is 16.1. The normalized spacial score (nSPS) is 16.9. The van der Waals surface area contributed by atoms with E-state index >= 15 is 0 Å². The molecule has 1 aliphatic rings. The Morgan fingerprint density at radius 1 is 1.30 bits per heavy atom. The van der Waals surface area contributed by atoms with E-state index in [4.69, 9.17) is 9.47 Å². The second-order valence-corrected chi connectivity index (χ2v) is 6.51. The molecule has 1 amide bonds. The molecule has 2 aromatic rings. The average molecular weight is 333 g/mol. The van der Waals surface area contributed by atoms with E-state index in [1.54, 1.807) is 7.11 Å². The molecule has 23 heavy (non-hydrogen) atoms. The van der Waals surface area contributed by atoms with Gasteiger partial charge in [-0.15, -0.1) is 10.2 Å². The summed E-state index contributed by atoms with van der Waals surface area (Å²) in [6.07, 6.45) is 1.32. The summed E-state index contributed by atoms with van der Waals surface area (Å²) in [4.78, 5) is 13.0.